The summed E-state index contributed by atoms with van der Waals surface area (Å²) in [5.74, 6) is 0.458. The normalized spacial score (nSPS) is 21.5. The van der Waals surface area contributed by atoms with Gasteiger partial charge in [0.1, 0.15) is 12.4 Å². The van der Waals surface area contributed by atoms with E-state index in [-0.39, 0.29) is 30.0 Å². The number of carbonyl (C=O) groups excluding carboxylic acids is 2. The zero-order chi connectivity index (χ0) is 26.1. The fourth-order valence-corrected chi connectivity index (χ4v) is 4.26. The molecule has 196 valence electrons. The summed E-state index contributed by atoms with van der Waals surface area (Å²) in [6, 6.07) is 10.8. The molecule has 2 heterocycles. The van der Waals surface area contributed by atoms with Gasteiger partial charge < -0.3 is 25.0 Å². The van der Waals surface area contributed by atoms with Crippen molar-refractivity contribution >= 4 is 17.6 Å². The number of pyridine rings is 1. The van der Waals surface area contributed by atoms with E-state index in [1.54, 1.807) is 43.5 Å². The third-order valence-electron chi connectivity index (χ3n) is 6.46. The van der Waals surface area contributed by atoms with Gasteiger partial charge in [-0.05, 0) is 49.6 Å². The Labute approximate surface area is 214 Å². The molecule has 2 N–H and O–H groups in total. The van der Waals surface area contributed by atoms with E-state index in [0.29, 0.717) is 43.2 Å². The summed E-state index contributed by atoms with van der Waals surface area (Å²) in [7, 11) is 3.45. The van der Waals surface area contributed by atoms with E-state index >= 15 is 0 Å². The van der Waals surface area contributed by atoms with Crippen molar-refractivity contribution in [1.82, 2.24) is 20.1 Å². The van der Waals surface area contributed by atoms with Crippen molar-refractivity contribution in [2.75, 3.05) is 45.7 Å². The van der Waals surface area contributed by atoms with Crippen LogP contribution >= 0.6 is 0 Å². The van der Waals surface area contributed by atoms with Gasteiger partial charge in [0.15, 0.2) is 0 Å². The van der Waals surface area contributed by atoms with Gasteiger partial charge in [-0.2, -0.15) is 0 Å². The second-order valence-corrected chi connectivity index (χ2v) is 9.44. The van der Waals surface area contributed by atoms with Gasteiger partial charge in [-0.25, -0.2) is 4.79 Å². The molecular formula is C27H39N5O4. The zero-order valence-electron chi connectivity index (χ0n) is 22.0. The molecule has 0 fully saturated rings. The van der Waals surface area contributed by atoms with Crippen molar-refractivity contribution in [1.29, 1.82) is 0 Å². The fourth-order valence-electron chi connectivity index (χ4n) is 4.26. The second-order valence-electron chi connectivity index (χ2n) is 9.44. The average Bonchev–Trinajstić information content (AvgIpc) is 2.88. The van der Waals surface area contributed by atoms with E-state index in [1.165, 1.54) is 0 Å². The number of aromatic nitrogens is 1. The number of hydrogen-bond acceptors (Lipinski definition) is 6. The number of urea groups is 1. The van der Waals surface area contributed by atoms with Crippen molar-refractivity contribution in [2.24, 2.45) is 5.92 Å². The average molecular weight is 498 g/mol. The van der Waals surface area contributed by atoms with Gasteiger partial charge in [-0.15, -0.1) is 0 Å². The minimum atomic E-state index is -0.307. The summed E-state index contributed by atoms with van der Waals surface area (Å²) >= 11 is 0. The molecule has 1 aliphatic heterocycles. The largest absolute Gasteiger partial charge is 0.491 e. The van der Waals surface area contributed by atoms with Crippen molar-refractivity contribution in [3.63, 3.8) is 0 Å². The van der Waals surface area contributed by atoms with Crippen molar-refractivity contribution < 1.29 is 19.1 Å². The smallest absolute Gasteiger partial charge is 0.319 e. The molecule has 0 spiro atoms. The molecule has 1 aliphatic rings. The maximum atomic E-state index is 13.5. The fraction of sp³-hybridized carbons (Fsp3) is 0.519. The highest BCUT2D eigenvalue weighted by Crippen LogP contribution is 2.26. The number of amides is 3. The molecule has 3 amide bonds. The summed E-state index contributed by atoms with van der Waals surface area (Å²) in [6.45, 7) is 9.09. The third-order valence-corrected chi connectivity index (χ3v) is 6.46. The lowest BCUT2D eigenvalue weighted by Crippen LogP contribution is -2.46. The van der Waals surface area contributed by atoms with Gasteiger partial charge in [0, 0.05) is 58.3 Å². The van der Waals surface area contributed by atoms with E-state index in [9.17, 15) is 9.59 Å². The van der Waals surface area contributed by atoms with Crippen LogP contribution in [0.4, 0.5) is 10.5 Å². The van der Waals surface area contributed by atoms with Crippen LogP contribution in [0.25, 0.3) is 0 Å². The highest BCUT2D eigenvalue weighted by molar-refractivity contribution is 5.99. The Kier molecular flexibility index (Phi) is 10.1. The van der Waals surface area contributed by atoms with Crippen LogP contribution in [-0.2, 0) is 11.3 Å². The molecular weight excluding hydrogens is 458 g/mol. The van der Waals surface area contributed by atoms with Gasteiger partial charge in [0.2, 0.25) is 0 Å². The minimum Gasteiger partial charge on any atom is -0.491 e. The predicted octanol–water partition coefficient (Wildman–Crippen LogP) is 3.62. The number of likely N-dealkylation sites (N-methyl/N-ethyl adjacent to an activating group) is 1. The number of methoxy groups -OCH3 is 1. The Morgan fingerprint density at radius 1 is 1.22 bits per heavy atom. The lowest BCUT2D eigenvalue weighted by molar-refractivity contribution is 0.00901. The Hall–Kier alpha value is -3.17. The number of rotatable bonds is 6. The Morgan fingerprint density at radius 2 is 2.03 bits per heavy atom. The number of anilines is 1. The maximum Gasteiger partial charge on any atom is 0.319 e. The van der Waals surface area contributed by atoms with Crippen LogP contribution in [0.5, 0.6) is 5.75 Å². The summed E-state index contributed by atoms with van der Waals surface area (Å²) in [5.41, 5.74) is 1.92. The number of nitrogens with one attached hydrogen (secondary N) is 2. The van der Waals surface area contributed by atoms with E-state index in [4.69, 9.17) is 9.47 Å². The molecule has 0 unspecified atom stereocenters. The number of hydrogen-bond donors (Lipinski definition) is 2. The molecule has 1 aromatic carbocycles. The topological polar surface area (TPSA) is 96.0 Å². The monoisotopic (exact) mass is 497 g/mol. The first-order chi connectivity index (χ1) is 17.3. The number of benzene rings is 1. The maximum absolute atomic E-state index is 13.5. The quantitative estimate of drug-likeness (QED) is 0.633. The highest BCUT2D eigenvalue weighted by atomic mass is 16.5. The summed E-state index contributed by atoms with van der Waals surface area (Å²) in [6.07, 6.45) is 2.49. The first-order valence-corrected chi connectivity index (χ1v) is 12.6. The van der Waals surface area contributed by atoms with Crippen molar-refractivity contribution in [2.45, 2.75) is 45.9 Å². The number of nitrogens with zero attached hydrogens (tertiary/aromatic N) is 3. The van der Waals surface area contributed by atoms with Crippen LogP contribution in [0.2, 0.25) is 0 Å². The Bertz CT molecular complexity index is 1000. The summed E-state index contributed by atoms with van der Waals surface area (Å²) in [5, 5.41) is 5.58. The Morgan fingerprint density at radius 3 is 2.72 bits per heavy atom. The van der Waals surface area contributed by atoms with Crippen LogP contribution in [-0.4, -0.2) is 79.3 Å². The molecule has 0 bridgehead atoms. The molecule has 0 saturated carbocycles. The standard InChI is InChI=1S/C27H39N5O4/c1-6-12-29-27(34)30-21-10-11-24-23(14-21)26(33)31(4)17-25(35-5)19(2)15-32(20(3)18-36-24)16-22-9-7-8-13-28-22/h7-11,13-14,19-20,25H,6,12,15-18H2,1-5H3,(H2,29,30,34)/t19-,20+,25+/m0/s1. The molecule has 36 heavy (non-hydrogen) atoms. The first-order valence-electron chi connectivity index (χ1n) is 12.6. The molecule has 0 aliphatic carbocycles. The molecule has 9 heteroatoms. The second kappa shape index (κ2) is 13.2. The summed E-state index contributed by atoms with van der Waals surface area (Å²) < 4.78 is 12.0. The Balaban J connectivity index is 1.89. The number of carbonyl (C=O) groups is 2. The van der Waals surface area contributed by atoms with Gasteiger partial charge >= 0.3 is 6.03 Å². The van der Waals surface area contributed by atoms with Gasteiger partial charge in [-0.1, -0.05) is 19.9 Å². The van der Waals surface area contributed by atoms with E-state index in [0.717, 1.165) is 18.7 Å². The molecule has 2 aromatic rings. The van der Waals surface area contributed by atoms with Gasteiger partial charge in [0.25, 0.3) is 5.91 Å². The van der Waals surface area contributed by atoms with E-state index in [1.807, 2.05) is 25.1 Å². The third kappa shape index (κ3) is 7.41. The zero-order valence-corrected chi connectivity index (χ0v) is 22.0. The van der Waals surface area contributed by atoms with Crippen molar-refractivity contribution in [3.05, 3.63) is 53.9 Å². The van der Waals surface area contributed by atoms with Crippen LogP contribution < -0.4 is 15.4 Å². The van der Waals surface area contributed by atoms with E-state index in [2.05, 4.69) is 34.4 Å². The lowest BCUT2D eigenvalue weighted by Gasteiger charge is -2.35. The molecule has 9 nitrogen and oxygen atoms in total. The summed E-state index contributed by atoms with van der Waals surface area (Å²) in [4.78, 5) is 34.1. The van der Waals surface area contributed by atoms with Crippen LogP contribution in [0, 0.1) is 5.92 Å². The van der Waals surface area contributed by atoms with Gasteiger partial charge in [0.05, 0.1) is 17.4 Å². The molecule has 0 radical (unpaired) electrons. The highest BCUT2D eigenvalue weighted by Gasteiger charge is 2.28. The SMILES string of the molecule is CCCNC(=O)Nc1ccc2c(c1)C(=O)N(C)C[C@@H](OC)[C@@H](C)CN(Cc1ccccn1)[C@H](C)CO2. The molecule has 0 saturated heterocycles. The molecule has 1 aromatic heterocycles. The van der Waals surface area contributed by atoms with Crippen molar-refractivity contribution in [3.8, 4) is 5.75 Å². The predicted molar refractivity (Wildman–Crippen MR) is 140 cm³/mol. The molecule has 3 atom stereocenters. The minimum absolute atomic E-state index is 0.0599. The molecule has 3 rings (SSSR count). The lowest BCUT2D eigenvalue weighted by atomic mass is 10.0. The number of ether oxygens (including phenoxy) is 2. The van der Waals surface area contributed by atoms with Crippen LogP contribution in [0.3, 0.4) is 0 Å². The van der Waals surface area contributed by atoms with Gasteiger partial charge in [-0.3, -0.25) is 14.7 Å². The number of fused-ring (bicyclic) bond motifs is 1. The van der Waals surface area contributed by atoms with E-state index < -0.39 is 0 Å². The van der Waals surface area contributed by atoms with Crippen LogP contribution in [0.1, 0.15) is 43.2 Å². The first kappa shape index (κ1) is 27.4. The van der Waals surface area contributed by atoms with Crippen LogP contribution in [0.15, 0.2) is 42.6 Å².